The topological polar surface area (TPSA) is 58.7 Å². The predicted molar refractivity (Wildman–Crippen MR) is 66.8 cm³/mol. The molecule has 94 valence electrons. The average molecular weight is 236 g/mol. The van der Waals surface area contributed by atoms with E-state index in [9.17, 15) is 5.11 Å². The smallest absolute Gasteiger partial charge is 0.123 e. The van der Waals surface area contributed by atoms with Gasteiger partial charge in [0.15, 0.2) is 0 Å². The number of aliphatic hydroxyl groups is 1. The number of nitrogens with two attached hydrogens (primary N) is 1. The minimum absolute atomic E-state index is 0.166. The van der Waals surface area contributed by atoms with Crippen molar-refractivity contribution in [3.05, 3.63) is 29.3 Å². The second kappa shape index (κ2) is 5.49. The molecule has 1 aliphatic rings. The summed E-state index contributed by atoms with van der Waals surface area (Å²) in [4.78, 5) is 2.25. The van der Waals surface area contributed by atoms with Crippen molar-refractivity contribution in [2.45, 2.75) is 25.6 Å². The number of aliphatic hydroxyl groups excluding tert-OH is 1. The fourth-order valence-electron chi connectivity index (χ4n) is 2.27. The molecule has 4 heteroatoms. The van der Waals surface area contributed by atoms with E-state index in [0.29, 0.717) is 6.54 Å². The van der Waals surface area contributed by atoms with Crippen molar-refractivity contribution < 1.29 is 9.84 Å². The lowest BCUT2D eigenvalue weighted by molar-refractivity contribution is 0.175. The lowest BCUT2D eigenvalue weighted by Crippen LogP contribution is -2.21. The van der Waals surface area contributed by atoms with E-state index in [-0.39, 0.29) is 6.10 Å². The van der Waals surface area contributed by atoms with Crippen LogP contribution in [-0.2, 0) is 13.1 Å². The summed E-state index contributed by atoms with van der Waals surface area (Å²) in [5.41, 5.74) is 7.86. The molecule has 0 saturated carbocycles. The number of ether oxygens (including phenoxy) is 1. The second-order valence-electron chi connectivity index (χ2n) is 4.53. The van der Waals surface area contributed by atoms with Crippen molar-refractivity contribution in [3.8, 4) is 5.75 Å². The molecule has 17 heavy (non-hydrogen) atoms. The van der Waals surface area contributed by atoms with Gasteiger partial charge in [0.2, 0.25) is 0 Å². The zero-order valence-corrected chi connectivity index (χ0v) is 10.2. The summed E-state index contributed by atoms with van der Waals surface area (Å²) in [5.74, 6) is 0.852. The first-order valence-corrected chi connectivity index (χ1v) is 5.99. The number of likely N-dealkylation sites (tertiary alicyclic amines) is 1. The molecule has 1 aliphatic heterocycles. The number of benzene rings is 1. The normalized spacial score (nSPS) is 20.8. The van der Waals surface area contributed by atoms with Gasteiger partial charge < -0.3 is 15.6 Å². The van der Waals surface area contributed by atoms with Gasteiger partial charge in [0.1, 0.15) is 5.75 Å². The van der Waals surface area contributed by atoms with Crippen LogP contribution in [-0.4, -0.2) is 36.3 Å². The maximum atomic E-state index is 9.48. The third-order valence-electron chi connectivity index (χ3n) is 3.23. The summed E-state index contributed by atoms with van der Waals surface area (Å²) in [5, 5.41) is 9.48. The number of rotatable bonds is 4. The Hall–Kier alpha value is -1.10. The van der Waals surface area contributed by atoms with Crippen LogP contribution in [0.1, 0.15) is 17.5 Å². The first-order chi connectivity index (χ1) is 8.22. The van der Waals surface area contributed by atoms with Crippen LogP contribution in [0.3, 0.4) is 0 Å². The van der Waals surface area contributed by atoms with Crippen LogP contribution in [0.15, 0.2) is 18.2 Å². The van der Waals surface area contributed by atoms with E-state index < -0.39 is 0 Å². The monoisotopic (exact) mass is 236 g/mol. The molecule has 4 nitrogen and oxygen atoms in total. The number of hydrogen-bond acceptors (Lipinski definition) is 4. The first kappa shape index (κ1) is 12.4. The Morgan fingerprint density at radius 3 is 2.94 bits per heavy atom. The molecule has 0 radical (unpaired) electrons. The molecule has 0 bridgehead atoms. The zero-order valence-electron chi connectivity index (χ0n) is 10.2. The molecule has 1 atom stereocenters. The van der Waals surface area contributed by atoms with E-state index in [1.54, 1.807) is 7.11 Å². The van der Waals surface area contributed by atoms with Crippen molar-refractivity contribution in [3.63, 3.8) is 0 Å². The third-order valence-corrected chi connectivity index (χ3v) is 3.23. The van der Waals surface area contributed by atoms with E-state index in [1.165, 1.54) is 5.56 Å². The number of β-amino-alcohol motifs (C(OH)–C–C–N with tert-alkyl or cyclic N) is 1. The van der Waals surface area contributed by atoms with Crippen LogP contribution in [0.5, 0.6) is 5.75 Å². The van der Waals surface area contributed by atoms with Crippen LogP contribution in [0, 0.1) is 0 Å². The molecule has 1 fully saturated rings. The molecule has 1 aromatic carbocycles. The van der Waals surface area contributed by atoms with Gasteiger partial charge in [0.05, 0.1) is 13.2 Å². The number of hydrogen-bond donors (Lipinski definition) is 2. The molecule has 1 unspecified atom stereocenters. The molecule has 3 N–H and O–H groups in total. The lowest BCUT2D eigenvalue weighted by atomic mass is 10.1. The van der Waals surface area contributed by atoms with E-state index in [2.05, 4.69) is 11.0 Å². The Morgan fingerprint density at radius 1 is 1.53 bits per heavy atom. The molecule has 0 amide bonds. The van der Waals surface area contributed by atoms with Crippen LogP contribution < -0.4 is 10.5 Å². The van der Waals surface area contributed by atoms with Gasteiger partial charge in [-0.25, -0.2) is 0 Å². The van der Waals surface area contributed by atoms with Gasteiger partial charge in [-0.2, -0.15) is 0 Å². The highest BCUT2D eigenvalue weighted by atomic mass is 16.5. The zero-order chi connectivity index (χ0) is 12.3. The highest BCUT2D eigenvalue weighted by Gasteiger charge is 2.20. The summed E-state index contributed by atoms with van der Waals surface area (Å²) >= 11 is 0. The fourth-order valence-corrected chi connectivity index (χ4v) is 2.27. The van der Waals surface area contributed by atoms with Gasteiger partial charge in [0, 0.05) is 31.7 Å². The van der Waals surface area contributed by atoms with E-state index in [0.717, 1.165) is 37.4 Å². The molecular formula is C13H20N2O2. The van der Waals surface area contributed by atoms with Gasteiger partial charge >= 0.3 is 0 Å². The molecule has 1 saturated heterocycles. The van der Waals surface area contributed by atoms with Gasteiger partial charge in [-0.3, -0.25) is 4.90 Å². The minimum atomic E-state index is -0.166. The van der Waals surface area contributed by atoms with E-state index in [4.69, 9.17) is 10.5 Å². The Bertz CT molecular complexity index is 382. The third kappa shape index (κ3) is 2.97. The predicted octanol–water partition coefficient (Wildman–Crippen LogP) is 0.721. The fraction of sp³-hybridized carbons (Fsp3) is 0.538. The highest BCUT2D eigenvalue weighted by molar-refractivity contribution is 5.37. The maximum absolute atomic E-state index is 9.48. The lowest BCUT2D eigenvalue weighted by Gasteiger charge is -2.16. The van der Waals surface area contributed by atoms with Gasteiger partial charge in [0.25, 0.3) is 0 Å². The highest BCUT2D eigenvalue weighted by Crippen LogP contribution is 2.21. The molecular weight excluding hydrogens is 216 g/mol. The van der Waals surface area contributed by atoms with Crippen LogP contribution in [0.25, 0.3) is 0 Å². The Morgan fingerprint density at radius 2 is 2.35 bits per heavy atom. The second-order valence-corrected chi connectivity index (χ2v) is 4.53. The SMILES string of the molecule is COc1cc(CN2CCC(O)C2)ccc1CN. The Labute approximate surface area is 102 Å². The average Bonchev–Trinajstić information content (AvgIpc) is 2.74. The van der Waals surface area contributed by atoms with Crippen molar-refractivity contribution in [1.29, 1.82) is 0 Å². The summed E-state index contributed by atoms with van der Waals surface area (Å²) in [6, 6.07) is 6.13. The van der Waals surface area contributed by atoms with Crippen molar-refractivity contribution >= 4 is 0 Å². The maximum Gasteiger partial charge on any atom is 0.123 e. The van der Waals surface area contributed by atoms with Gasteiger partial charge in [-0.1, -0.05) is 12.1 Å². The van der Waals surface area contributed by atoms with E-state index >= 15 is 0 Å². The first-order valence-electron chi connectivity index (χ1n) is 5.99. The molecule has 1 aromatic rings. The largest absolute Gasteiger partial charge is 0.496 e. The Kier molecular flexibility index (Phi) is 3.99. The van der Waals surface area contributed by atoms with Crippen LogP contribution in [0.2, 0.25) is 0 Å². The van der Waals surface area contributed by atoms with Gasteiger partial charge in [-0.05, 0) is 18.1 Å². The standard InChI is InChI=1S/C13H20N2O2/c1-17-13-6-10(2-3-11(13)7-14)8-15-5-4-12(16)9-15/h2-3,6,12,16H,4-5,7-9,14H2,1H3. The summed E-state index contributed by atoms with van der Waals surface area (Å²) in [7, 11) is 1.66. The summed E-state index contributed by atoms with van der Waals surface area (Å²) in [6.07, 6.45) is 0.707. The number of methoxy groups -OCH3 is 1. The van der Waals surface area contributed by atoms with Crippen LogP contribution in [0.4, 0.5) is 0 Å². The molecule has 1 heterocycles. The van der Waals surface area contributed by atoms with Gasteiger partial charge in [-0.15, -0.1) is 0 Å². The summed E-state index contributed by atoms with van der Waals surface area (Å²) < 4.78 is 5.31. The van der Waals surface area contributed by atoms with Crippen molar-refractivity contribution in [2.24, 2.45) is 5.73 Å². The molecule has 0 aliphatic carbocycles. The summed E-state index contributed by atoms with van der Waals surface area (Å²) in [6.45, 7) is 3.08. The molecule has 2 rings (SSSR count). The minimum Gasteiger partial charge on any atom is -0.496 e. The van der Waals surface area contributed by atoms with E-state index in [1.807, 2.05) is 12.1 Å². The molecule has 0 spiro atoms. The quantitative estimate of drug-likeness (QED) is 0.809. The Balaban J connectivity index is 2.06. The number of nitrogens with zero attached hydrogens (tertiary/aromatic N) is 1. The van der Waals surface area contributed by atoms with Crippen LogP contribution >= 0.6 is 0 Å². The molecule has 0 aromatic heterocycles. The van der Waals surface area contributed by atoms with Crippen molar-refractivity contribution in [2.75, 3.05) is 20.2 Å². The van der Waals surface area contributed by atoms with Crippen molar-refractivity contribution in [1.82, 2.24) is 4.90 Å².